The van der Waals surface area contributed by atoms with E-state index < -0.39 is 6.04 Å². The summed E-state index contributed by atoms with van der Waals surface area (Å²) >= 11 is 12.5. The second-order valence-corrected chi connectivity index (χ2v) is 10.9. The van der Waals surface area contributed by atoms with Crippen LogP contribution >= 0.6 is 23.2 Å². The zero-order chi connectivity index (χ0) is 27.1. The van der Waals surface area contributed by atoms with Crippen molar-refractivity contribution in [3.05, 3.63) is 141 Å². The van der Waals surface area contributed by atoms with Gasteiger partial charge < -0.3 is 5.32 Å². The van der Waals surface area contributed by atoms with Gasteiger partial charge >= 0.3 is 0 Å². The summed E-state index contributed by atoms with van der Waals surface area (Å²) < 4.78 is 0. The summed E-state index contributed by atoms with van der Waals surface area (Å²) in [6, 6.07) is 30.0. The second kappa shape index (κ2) is 10.4. The van der Waals surface area contributed by atoms with Crippen LogP contribution in [0.25, 0.3) is 0 Å². The van der Waals surface area contributed by atoms with Crippen molar-refractivity contribution in [3.8, 4) is 0 Å². The summed E-state index contributed by atoms with van der Waals surface area (Å²) in [7, 11) is 0. The highest BCUT2D eigenvalue weighted by molar-refractivity contribution is 6.42. The number of para-hydroxylation sites is 2. The molecule has 2 atom stereocenters. The van der Waals surface area contributed by atoms with Crippen molar-refractivity contribution in [2.24, 2.45) is 0 Å². The first-order chi connectivity index (χ1) is 18.9. The molecule has 0 radical (unpaired) electrons. The van der Waals surface area contributed by atoms with Crippen LogP contribution in [-0.4, -0.2) is 11.7 Å². The molecule has 4 aromatic rings. The van der Waals surface area contributed by atoms with E-state index in [0.717, 1.165) is 33.8 Å². The van der Waals surface area contributed by atoms with Crippen molar-refractivity contribution in [1.82, 2.24) is 0 Å². The van der Waals surface area contributed by atoms with E-state index in [-0.39, 0.29) is 17.6 Å². The number of benzene rings is 4. The number of anilines is 2. The fraction of sp³-hybridized carbons (Fsp3) is 0.152. The van der Waals surface area contributed by atoms with Gasteiger partial charge in [-0.3, -0.25) is 14.5 Å². The van der Waals surface area contributed by atoms with Gasteiger partial charge in [0.2, 0.25) is 0 Å². The summed E-state index contributed by atoms with van der Waals surface area (Å²) in [6.45, 7) is 2.03. The molecule has 4 aromatic carbocycles. The average Bonchev–Trinajstić information content (AvgIpc) is 3.10. The molecule has 0 saturated heterocycles. The Bertz CT molecular complexity index is 1610. The largest absolute Gasteiger partial charge is 0.357 e. The molecule has 0 unspecified atom stereocenters. The van der Waals surface area contributed by atoms with Crippen LogP contribution in [0.2, 0.25) is 10.0 Å². The van der Waals surface area contributed by atoms with E-state index in [0.29, 0.717) is 34.0 Å². The molecule has 1 aliphatic heterocycles. The highest BCUT2D eigenvalue weighted by Crippen LogP contribution is 2.48. The lowest BCUT2D eigenvalue weighted by Crippen LogP contribution is -2.38. The van der Waals surface area contributed by atoms with Gasteiger partial charge in [-0.15, -0.1) is 0 Å². The summed E-state index contributed by atoms with van der Waals surface area (Å²) in [5, 5.41) is 4.53. The Hall–Kier alpha value is -3.86. The Balaban J connectivity index is 1.55. The Morgan fingerprint density at radius 2 is 1.51 bits per heavy atom. The first-order valence-electron chi connectivity index (χ1n) is 12.9. The quantitative estimate of drug-likeness (QED) is 0.277. The number of carbonyl (C=O) groups is 2. The maximum Gasteiger partial charge on any atom is 0.259 e. The Kier molecular flexibility index (Phi) is 6.76. The van der Waals surface area contributed by atoms with E-state index in [1.807, 2.05) is 97.9 Å². The third kappa shape index (κ3) is 4.75. The zero-order valence-electron chi connectivity index (χ0n) is 21.3. The molecule has 4 nitrogen and oxygen atoms in total. The van der Waals surface area contributed by atoms with Crippen molar-refractivity contribution >= 4 is 46.3 Å². The number of rotatable bonds is 3. The number of amides is 1. The third-order valence-electron chi connectivity index (χ3n) is 7.54. The van der Waals surface area contributed by atoms with Gasteiger partial charge in [-0.2, -0.15) is 0 Å². The van der Waals surface area contributed by atoms with Gasteiger partial charge in [0.05, 0.1) is 27.5 Å². The van der Waals surface area contributed by atoms with E-state index in [4.69, 9.17) is 23.2 Å². The third-order valence-corrected chi connectivity index (χ3v) is 8.28. The fourth-order valence-electron chi connectivity index (χ4n) is 5.60. The number of hydrogen-bond donors (Lipinski definition) is 1. The molecule has 0 saturated carbocycles. The maximum absolute atomic E-state index is 14.2. The fourth-order valence-corrected chi connectivity index (χ4v) is 5.91. The van der Waals surface area contributed by atoms with Crippen molar-refractivity contribution in [2.75, 3.05) is 10.2 Å². The minimum atomic E-state index is -0.591. The summed E-state index contributed by atoms with van der Waals surface area (Å²) in [6.07, 6.45) is 0.910. The van der Waals surface area contributed by atoms with Gasteiger partial charge in [-0.05, 0) is 66.8 Å². The molecule has 1 amide bonds. The van der Waals surface area contributed by atoms with Crippen molar-refractivity contribution < 1.29 is 9.59 Å². The van der Waals surface area contributed by atoms with Gasteiger partial charge in [0.15, 0.2) is 5.78 Å². The molecule has 1 aliphatic carbocycles. The predicted octanol–water partition coefficient (Wildman–Crippen LogP) is 8.52. The number of carbonyl (C=O) groups excluding carboxylic acids is 2. The Morgan fingerprint density at radius 1 is 0.821 bits per heavy atom. The van der Waals surface area contributed by atoms with E-state index in [1.165, 1.54) is 0 Å². The average molecular weight is 553 g/mol. The van der Waals surface area contributed by atoms with Crippen LogP contribution in [0.3, 0.4) is 0 Å². The maximum atomic E-state index is 14.2. The molecule has 39 heavy (non-hydrogen) atoms. The highest BCUT2D eigenvalue weighted by atomic mass is 35.5. The number of nitrogens with zero attached hydrogens (tertiary/aromatic N) is 1. The minimum Gasteiger partial charge on any atom is -0.357 e. The molecule has 6 heteroatoms. The monoisotopic (exact) mass is 552 g/mol. The van der Waals surface area contributed by atoms with Crippen LogP contribution in [0.4, 0.5) is 11.4 Å². The van der Waals surface area contributed by atoms with E-state index in [2.05, 4.69) is 5.32 Å². The number of hydrogen-bond acceptors (Lipinski definition) is 3. The van der Waals surface area contributed by atoms with Crippen LogP contribution < -0.4 is 10.2 Å². The van der Waals surface area contributed by atoms with Crippen LogP contribution in [0.1, 0.15) is 51.8 Å². The smallest absolute Gasteiger partial charge is 0.259 e. The number of nitrogens with one attached hydrogen (secondary N) is 1. The number of fused-ring (bicyclic) bond motifs is 1. The van der Waals surface area contributed by atoms with Gasteiger partial charge in [0, 0.05) is 23.3 Å². The lowest BCUT2D eigenvalue weighted by molar-refractivity contribution is -0.116. The molecular formula is C33H26Cl2N2O2. The van der Waals surface area contributed by atoms with Gasteiger partial charge in [-0.25, -0.2) is 0 Å². The van der Waals surface area contributed by atoms with Crippen LogP contribution in [0.5, 0.6) is 0 Å². The van der Waals surface area contributed by atoms with Crippen LogP contribution in [0, 0.1) is 6.92 Å². The first-order valence-corrected chi connectivity index (χ1v) is 13.7. The second-order valence-electron chi connectivity index (χ2n) is 10.1. The lowest BCUT2D eigenvalue weighted by atomic mass is 9.78. The Morgan fingerprint density at radius 3 is 2.26 bits per heavy atom. The highest BCUT2D eigenvalue weighted by Gasteiger charge is 2.41. The molecule has 2 aliphatic rings. The van der Waals surface area contributed by atoms with Crippen molar-refractivity contribution in [2.45, 2.75) is 31.7 Å². The predicted molar refractivity (Wildman–Crippen MR) is 158 cm³/mol. The molecule has 6 rings (SSSR count). The van der Waals surface area contributed by atoms with Gasteiger partial charge in [-0.1, -0.05) is 89.4 Å². The lowest BCUT2D eigenvalue weighted by Gasteiger charge is -2.35. The molecule has 1 heterocycles. The van der Waals surface area contributed by atoms with Gasteiger partial charge in [0.25, 0.3) is 5.91 Å². The molecule has 194 valence electrons. The number of aryl methyl sites for hydroxylation is 1. The SMILES string of the molecule is Cc1ccc([C@H]2C3=C(C[C@@H](c4ccc(Cl)c(Cl)c4)CC3=O)Nc3ccccc3N2C(=O)c2ccccc2)cc1. The van der Waals surface area contributed by atoms with Crippen molar-refractivity contribution in [1.29, 1.82) is 0 Å². The zero-order valence-corrected chi connectivity index (χ0v) is 22.8. The molecule has 0 aromatic heterocycles. The minimum absolute atomic E-state index is 0.00376. The number of ketones is 1. The topological polar surface area (TPSA) is 49.4 Å². The normalized spacial score (nSPS) is 18.6. The first kappa shape index (κ1) is 25.4. The molecular weight excluding hydrogens is 527 g/mol. The summed E-state index contributed by atoms with van der Waals surface area (Å²) in [5.41, 5.74) is 6.47. The molecule has 1 N–H and O–H groups in total. The number of Topliss-reactive ketones (excluding diaryl/α,β-unsaturated/α-hetero) is 1. The van der Waals surface area contributed by atoms with Crippen molar-refractivity contribution in [3.63, 3.8) is 0 Å². The van der Waals surface area contributed by atoms with Gasteiger partial charge in [0.1, 0.15) is 0 Å². The summed E-state index contributed by atoms with van der Waals surface area (Å²) in [4.78, 5) is 30.1. The van der Waals surface area contributed by atoms with E-state index in [9.17, 15) is 9.59 Å². The standard InChI is InChI=1S/C33H26Cl2N2O2/c1-20-11-13-21(14-12-20)32-31-28(18-24(19-30(31)38)23-15-16-25(34)26(35)17-23)36-27-9-5-6-10-29(27)37(32)33(39)22-7-3-2-4-8-22/h2-17,24,32,36H,18-19H2,1H3/t24-,32+/m1/s1. The molecule has 0 spiro atoms. The number of halogens is 2. The van der Waals surface area contributed by atoms with Crippen LogP contribution in [-0.2, 0) is 4.79 Å². The van der Waals surface area contributed by atoms with E-state index >= 15 is 0 Å². The number of allylic oxidation sites excluding steroid dienone is 1. The Labute approximate surface area is 237 Å². The summed E-state index contributed by atoms with van der Waals surface area (Å²) in [5.74, 6) is -0.228. The molecule has 0 bridgehead atoms. The molecule has 0 fully saturated rings. The van der Waals surface area contributed by atoms with E-state index in [1.54, 1.807) is 11.0 Å². The van der Waals surface area contributed by atoms with Crippen LogP contribution in [0.15, 0.2) is 108 Å².